The van der Waals surface area contributed by atoms with Gasteiger partial charge in [0.2, 0.25) is 0 Å². The van der Waals surface area contributed by atoms with Crippen molar-refractivity contribution in [2.45, 2.75) is 19.0 Å². The highest BCUT2D eigenvalue weighted by Crippen LogP contribution is 2.33. The first-order chi connectivity index (χ1) is 15.9. The highest BCUT2D eigenvalue weighted by Gasteiger charge is 2.31. The second kappa shape index (κ2) is 8.20. The Morgan fingerprint density at radius 2 is 1.70 bits per heavy atom. The van der Waals surface area contributed by atoms with Crippen LogP contribution in [0, 0.1) is 0 Å². The van der Waals surface area contributed by atoms with Crippen molar-refractivity contribution in [2.24, 2.45) is 0 Å². The van der Waals surface area contributed by atoms with Crippen molar-refractivity contribution in [1.82, 2.24) is 19.8 Å². The van der Waals surface area contributed by atoms with E-state index in [1.165, 1.54) is 11.6 Å². The summed E-state index contributed by atoms with van der Waals surface area (Å²) in [6.07, 6.45) is -4.45. The Morgan fingerprint density at radius 1 is 0.939 bits per heavy atom. The van der Waals surface area contributed by atoms with Gasteiger partial charge in [0, 0.05) is 17.5 Å². The minimum Gasteiger partial charge on any atom is -0.369 e. The largest absolute Gasteiger partial charge is 0.416 e. The molecule has 1 unspecified atom stereocenters. The molecule has 2 aromatic heterocycles. The van der Waals surface area contributed by atoms with Crippen LogP contribution in [0.2, 0.25) is 0 Å². The first kappa shape index (κ1) is 20.9. The van der Waals surface area contributed by atoms with E-state index in [1.807, 2.05) is 42.5 Å². The zero-order valence-electron chi connectivity index (χ0n) is 17.7. The molecule has 0 saturated heterocycles. The lowest BCUT2D eigenvalue weighted by molar-refractivity contribution is -0.137. The van der Waals surface area contributed by atoms with Crippen LogP contribution in [0.5, 0.6) is 0 Å². The van der Waals surface area contributed by atoms with Crippen LogP contribution in [0.25, 0.3) is 27.8 Å². The van der Waals surface area contributed by atoms with E-state index < -0.39 is 11.7 Å². The monoisotopic (exact) mass is 447 g/mol. The second-order valence-corrected chi connectivity index (χ2v) is 7.92. The van der Waals surface area contributed by atoms with E-state index in [-0.39, 0.29) is 5.92 Å². The highest BCUT2D eigenvalue weighted by atomic mass is 19.4. The highest BCUT2D eigenvalue weighted by molar-refractivity contribution is 5.93. The molecule has 0 radical (unpaired) electrons. The van der Waals surface area contributed by atoms with Crippen molar-refractivity contribution in [3.05, 3.63) is 90.0 Å². The molecule has 0 aliphatic heterocycles. The standard InChI is InChI=1S/C25H20F3N5/c1-16(17-8-3-2-4-9-17)15-29-23-20-12-5-6-13-21(20)33-24(30-23)22(31-32-33)18-10-7-11-19(14-18)25(26,27)28/h2-14,16H,15H2,1H3,(H,29,30). The molecular formula is C25H20F3N5. The van der Waals surface area contributed by atoms with Crippen LogP contribution in [-0.4, -0.2) is 26.4 Å². The molecule has 0 amide bonds. The molecule has 1 atom stereocenters. The molecule has 0 fully saturated rings. The summed E-state index contributed by atoms with van der Waals surface area (Å²) in [7, 11) is 0. The minimum atomic E-state index is -4.45. The van der Waals surface area contributed by atoms with Crippen molar-refractivity contribution in [2.75, 3.05) is 11.9 Å². The van der Waals surface area contributed by atoms with E-state index in [4.69, 9.17) is 4.98 Å². The van der Waals surface area contributed by atoms with Gasteiger partial charge in [0.25, 0.3) is 0 Å². The Bertz CT molecular complexity index is 1430. The summed E-state index contributed by atoms with van der Waals surface area (Å²) in [6, 6.07) is 22.8. The lowest BCUT2D eigenvalue weighted by atomic mass is 10.0. The summed E-state index contributed by atoms with van der Waals surface area (Å²) in [4.78, 5) is 4.74. The Hall–Kier alpha value is -3.94. The van der Waals surface area contributed by atoms with Crippen molar-refractivity contribution >= 4 is 22.4 Å². The van der Waals surface area contributed by atoms with Gasteiger partial charge < -0.3 is 5.32 Å². The molecule has 0 aliphatic rings. The number of alkyl halides is 3. The minimum absolute atomic E-state index is 0.231. The third-order valence-electron chi connectivity index (χ3n) is 5.66. The normalized spacial score (nSPS) is 12.8. The van der Waals surface area contributed by atoms with Gasteiger partial charge in [-0.3, -0.25) is 0 Å². The van der Waals surface area contributed by atoms with E-state index in [1.54, 1.807) is 10.6 Å². The summed E-state index contributed by atoms with van der Waals surface area (Å²) in [5, 5.41) is 12.6. The molecule has 166 valence electrons. The first-order valence-corrected chi connectivity index (χ1v) is 10.5. The number of fused-ring (bicyclic) bond motifs is 3. The maximum atomic E-state index is 13.2. The quantitative estimate of drug-likeness (QED) is 0.350. The number of para-hydroxylation sites is 1. The maximum Gasteiger partial charge on any atom is 0.416 e. The molecule has 5 rings (SSSR count). The molecule has 8 heteroatoms. The molecule has 1 N–H and O–H groups in total. The second-order valence-electron chi connectivity index (χ2n) is 7.92. The Morgan fingerprint density at radius 3 is 2.48 bits per heavy atom. The molecular weight excluding hydrogens is 427 g/mol. The molecule has 0 saturated carbocycles. The van der Waals surface area contributed by atoms with Crippen LogP contribution < -0.4 is 5.32 Å². The molecule has 5 nitrogen and oxygen atoms in total. The number of nitrogens with one attached hydrogen (secondary N) is 1. The van der Waals surface area contributed by atoms with Crippen LogP contribution in [0.3, 0.4) is 0 Å². The van der Waals surface area contributed by atoms with Gasteiger partial charge in [0.1, 0.15) is 11.5 Å². The Kier molecular flexibility index (Phi) is 5.20. The van der Waals surface area contributed by atoms with Crippen molar-refractivity contribution < 1.29 is 13.2 Å². The number of hydrogen-bond donors (Lipinski definition) is 1. The fourth-order valence-electron chi connectivity index (χ4n) is 3.88. The number of aromatic nitrogens is 4. The third-order valence-corrected chi connectivity index (χ3v) is 5.66. The predicted molar refractivity (Wildman–Crippen MR) is 122 cm³/mol. The van der Waals surface area contributed by atoms with Gasteiger partial charge in [-0.05, 0) is 35.7 Å². The fourth-order valence-corrected chi connectivity index (χ4v) is 3.88. The average Bonchev–Trinajstić information content (AvgIpc) is 3.26. The van der Waals surface area contributed by atoms with Crippen LogP contribution in [0.1, 0.15) is 24.0 Å². The van der Waals surface area contributed by atoms with Gasteiger partial charge in [-0.1, -0.05) is 66.7 Å². The van der Waals surface area contributed by atoms with Crippen LogP contribution >= 0.6 is 0 Å². The molecule has 0 spiro atoms. The number of nitrogens with zero attached hydrogens (tertiary/aromatic N) is 4. The Balaban J connectivity index is 1.59. The van der Waals surface area contributed by atoms with Gasteiger partial charge in [0.15, 0.2) is 5.65 Å². The van der Waals surface area contributed by atoms with Crippen LogP contribution in [0.4, 0.5) is 19.0 Å². The fraction of sp³-hybridized carbons (Fsp3) is 0.160. The van der Waals surface area contributed by atoms with E-state index in [0.717, 1.165) is 23.0 Å². The zero-order chi connectivity index (χ0) is 23.0. The van der Waals surface area contributed by atoms with E-state index in [9.17, 15) is 13.2 Å². The summed E-state index contributed by atoms with van der Waals surface area (Å²) in [5.41, 5.74) is 2.23. The number of hydrogen-bond acceptors (Lipinski definition) is 4. The molecule has 33 heavy (non-hydrogen) atoms. The van der Waals surface area contributed by atoms with Gasteiger partial charge in [-0.15, -0.1) is 5.10 Å². The van der Waals surface area contributed by atoms with Crippen molar-refractivity contribution in [3.8, 4) is 11.3 Å². The van der Waals surface area contributed by atoms with E-state index >= 15 is 0 Å². The topological polar surface area (TPSA) is 55.1 Å². The average molecular weight is 447 g/mol. The summed E-state index contributed by atoms with van der Waals surface area (Å²) in [5.74, 6) is 0.866. The molecule has 3 aromatic carbocycles. The lowest BCUT2D eigenvalue weighted by Crippen LogP contribution is -2.12. The van der Waals surface area contributed by atoms with Gasteiger partial charge in [-0.2, -0.15) is 17.7 Å². The number of rotatable bonds is 5. The molecule has 0 aliphatic carbocycles. The van der Waals surface area contributed by atoms with E-state index in [0.29, 0.717) is 29.3 Å². The molecule has 0 bridgehead atoms. The molecule has 2 heterocycles. The molecule has 5 aromatic rings. The third kappa shape index (κ3) is 4.00. The van der Waals surface area contributed by atoms with Gasteiger partial charge in [-0.25, -0.2) is 4.98 Å². The number of benzene rings is 3. The Labute approximate surface area is 187 Å². The van der Waals surface area contributed by atoms with Crippen molar-refractivity contribution in [1.29, 1.82) is 0 Å². The maximum absolute atomic E-state index is 13.2. The zero-order valence-corrected chi connectivity index (χ0v) is 17.7. The van der Waals surface area contributed by atoms with Crippen LogP contribution in [-0.2, 0) is 6.18 Å². The number of anilines is 1. The predicted octanol–water partition coefficient (Wildman–Crippen LogP) is 6.18. The van der Waals surface area contributed by atoms with Gasteiger partial charge >= 0.3 is 6.18 Å². The van der Waals surface area contributed by atoms with Crippen molar-refractivity contribution in [3.63, 3.8) is 0 Å². The summed E-state index contributed by atoms with van der Waals surface area (Å²) in [6.45, 7) is 2.76. The van der Waals surface area contributed by atoms with Crippen LogP contribution in [0.15, 0.2) is 78.9 Å². The smallest absolute Gasteiger partial charge is 0.369 e. The van der Waals surface area contributed by atoms with Gasteiger partial charge in [0.05, 0.1) is 11.1 Å². The summed E-state index contributed by atoms with van der Waals surface area (Å²) < 4.78 is 41.3. The lowest BCUT2D eigenvalue weighted by Gasteiger charge is -2.15. The summed E-state index contributed by atoms with van der Waals surface area (Å²) >= 11 is 0. The SMILES string of the molecule is CC(CNc1nc2c(-c3cccc(C(F)(F)F)c3)nnn2c2ccccc12)c1ccccc1. The van der Waals surface area contributed by atoms with E-state index in [2.05, 4.69) is 34.7 Å². The number of halogens is 3. The first-order valence-electron chi connectivity index (χ1n) is 10.5.